The number of aromatic carboxylic acids is 1. The smallest absolute Gasteiger partial charge is 0.147 e. The Bertz CT molecular complexity index is 420. The van der Waals surface area contributed by atoms with Gasteiger partial charge in [-0.25, -0.2) is 0 Å². The summed E-state index contributed by atoms with van der Waals surface area (Å²) in [5.41, 5.74) is 0.0336. The fraction of sp³-hybridized carbons (Fsp3) is 0.273. The van der Waals surface area contributed by atoms with Crippen molar-refractivity contribution in [3.8, 4) is 5.75 Å². The Morgan fingerprint density at radius 3 is 2.59 bits per heavy atom. The van der Waals surface area contributed by atoms with Gasteiger partial charge in [-0.05, 0) is 0 Å². The van der Waals surface area contributed by atoms with Crippen LogP contribution < -0.4 is 9.09 Å². The molecule has 1 rings (SSSR count). The van der Waals surface area contributed by atoms with Gasteiger partial charge in [0.15, 0.2) is 0 Å². The number of carbonyl (C=O) groups excluding carboxylic acids is 1. The van der Waals surface area contributed by atoms with Crippen molar-refractivity contribution >= 4 is 45.5 Å². The summed E-state index contributed by atoms with van der Waals surface area (Å²) < 4.78 is 5.86. The first-order valence-corrected chi connectivity index (χ1v) is 6.09. The van der Waals surface area contributed by atoms with Crippen LogP contribution in [-0.4, -0.2) is 33.9 Å². The molecule has 6 heteroatoms. The molecule has 4 nitrogen and oxygen atoms in total. The second kappa shape index (κ2) is 7.36. The van der Waals surface area contributed by atoms with Gasteiger partial charge in [-0.1, -0.05) is 0 Å². The molecular weight excluding hydrogens is 306 g/mol. The predicted molar refractivity (Wildman–Crippen MR) is 69.4 cm³/mol. The molecular formula is C11H14AsClO4. The Kier molecular flexibility index (Phi) is 6.93. The van der Waals surface area contributed by atoms with E-state index in [9.17, 15) is 9.59 Å². The van der Waals surface area contributed by atoms with Crippen LogP contribution in [0.15, 0.2) is 18.2 Å². The third-order valence-electron chi connectivity index (χ3n) is 1.91. The Morgan fingerprint density at radius 2 is 2.06 bits per heavy atom. The molecule has 0 aliphatic carbocycles. The van der Waals surface area contributed by atoms with E-state index in [1.54, 1.807) is 6.07 Å². The number of halogens is 1. The number of hydrogen-bond acceptors (Lipinski definition) is 3. The number of hydrogen-bond donors (Lipinski definition) is 1. The van der Waals surface area contributed by atoms with Crippen molar-refractivity contribution in [2.75, 3.05) is 0 Å². The van der Waals surface area contributed by atoms with E-state index in [-0.39, 0.29) is 30.1 Å². The van der Waals surface area contributed by atoms with E-state index in [0.717, 1.165) is 4.35 Å². The van der Waals surface area contributed by atoms with Crippen LogP contribution in [0.4, 0.5) is 0 Å². The fourth-order valence-corrected chi connectivity index (χ4v) is 1.73. The second-order valence-electron chi connectivity index (χ2n) is 3.28. The Labute approximate surface area is 114 Å². The molecule has 0 amide bonds. The summed E-state index contributed by atoms with van der Waals surface area (Å²) in [5, 5.41) is 8.95. The number of carboxylic acids is 1. The van der Waals surface area contributed by atoms with Crippen molar-refractivity contribution in [3.63, 3.8) is 0 Å². The molecule has 0 fully saturated rings. The summed E-state index contributed by atoms with van der Waals surface area (Å²) >= 11 is 1.32. The predicted octanol–water partition coefficient (Wildman–Crippen LogP) is 0.770. The molecule has 0 bridgehead atoms. The maximum absolute atomic E-state index is 11.3. The van der Waals surface area contributed by atoms with Crippen LogP contribution >= 0.6 is 12.4 Å². The van der Waals surface area contributed by atoms with Gasteiger partial charge in [0, 0.05) is 0 Å². The summed E-state index contributed by atoms with van der Waals surface area (Å²) in [4.78, 5) is 22.2. The van der Waals surface area contributed by atoms with Crippen molar-refractivity contribution in [1.82, 2.24) is 0 Å². The van der Waals surface area contributed by atoms with E-state index in [1.165, 1.54) is 29.0 Å². The molecule has 0 saturated carbocycles. The third-order valence-corrected chi connectivity index (χ3v) is 2.67. The average molecular weight is 321 g/mol. The van der Waals surface area contributed by atoms with Gasteiger partial charge in [-0.2, -0.15) is 0 Å². The first-order chi connectivity index (χ1) is 7.54. The zero-order valence-corrected chi connectivity index (χ0v) is 12.5. The summed E-state index contributed by atoms with van der Waals surface area (Å²) in [6, 6.07) is 4.77. The van der Waals surface area contributed by atoms with Crippen LogP contribution in [0.5, 0.6) is 5.75 Å². The van der Waals surface area contributed by atoms with Gasteiger partial charge < -0.3 is 0 Å². The third kappa shape index (κ3) is 4.80. The van der Waals surface area contributed by atoms with Crippen molar-refractivity contribution in [2.45, 2.75) is 19.8 Å². The number of carbonyl (C=O) groups is 2. The summed E-state index contributed by atoms with van der Waals surface area (Å²) in [6.45, 7) is 1.86. The molecule has 0 saturated heterocycles. The molecule has 1 unspecified atom stereocenters. The molecule has 0 radical (unpaired) electrons. The minimum Gasteiger partial charge on any atom is -0.147 e. The molecule has 0 aromatic heterocycles. The molecule has 17 heavy (non-hydrogen) atoms. The summed E-state index contributed by atoms with van der Waals surface area (Å²) in [6.07, 6.45) is 0.965. The van der Waals surface area contributed by atoms with Crippen LogP contribution in [0.2, 0.25) is 0 Å². The molecule has 94 valence electrons. The van der Waals surface area contributed by atoms with Crippen LogP contribution in [0.3, 0.4) is 0 Å². The number of carboxylic acid groups (broad SMARTS) is 1. The Hall–Kier alpha value is -0.992. The van der Waals surface area contributed by atoms with Gasteiger partial charge in [0.05, 0.1) is 0 Å². The summed E-state index contributed by atoms with van der Waals surface area (Å²) in [5.74, 6) is -1.37. The molecule has 1 aromatic carbocycles. The first-order valence-electron chi connectivity index (χ1n) is 4.88. The average Bonchev–Trinajstić information content (AvgIpc) is 2.20. The van der Waals surface area contributed by atoms with E-state index >= 15 is 0 Å². The minimum absolute atomic E-state index is 0. The van der Waals surface area contributed by atoms with Crippen LogP contribution in [0, 0.1) is 0 Å². The number of benzene rings is 1. The Morgan fingerprint density at radius 1 is 1.41 bits per heavy atom. The normalized spacial score (nSPS) is 9.29. The minimum atomic E-state index is -1.08. The number of esters is 1. The van der Waals surface area contributed by atoms with Gasteiger partial charge >= 0.3 is 102 Å². The van der Waals surface area contributed by atoms with Crippen LogP contribution in [0.25, 0.3) is 0 Å². The van der Waals surface area contributed by atoms with Gasteiger partial charge in [0.1, 0.15) is 0 Å². The fourth-order valence-electron chi connectivity index (χ4n) is 1.18. The van der Waals surface area contributed by atoms with E-state index in [0.29, 0.717) is 6.42 Å². The van der Waals surface area contributed by atoms with E-state index in [2.05, 4.69) is 0 Å². The van der Waals surface area contributed by atoms with Crippen molar-refractivity contribution in [3.05, 3.63) is 23.8 Å². The quantitative estimate of drug-likeness (QED) is 0.506. The van der Waals surface area contributed by atoms with E-state index in [4.69, 9.17) is 9.84 Å². The van der Waals surface area contributed by atoms with Crippen molar-refractivity contribution < 1.29 is 19.4 Å². The number of ether oxygens (including phenoxy) is 1. The molecule has 0 heterocycles. The van der Waals surface area contributed by atoms with E-state index in [1.807, 2.05) is 6.92 Å². The monoisotopic (exact) mass is 320 g/mol. The zero-order chi connectivity index (χ0) is 12.1. The van der Waals surface area contributed by atoms with Crippen molar-refractivity contribution in [1.29, 1.82) is 0 Å². The molecule has 0 spiro atoms. The molecule has 1 N–H and O–H groups in total. The van der Waals surface area contributed by atoms with Gasteiger partial charge in [0.2, 0.25) is 0 Å². The molecule has 0 aliphatic heterocycles. The molecule has 1 atom stereocenters. The van der Waals surface area contributed by atoms with Crippen LogP contribution in [-0.2, 0) is 4.79 Å². The first kappa shape index (κ1) is 16.0. The van der Waals surface area contributed by atoms with Crippen LogP contribution in [0.1, 0.15) is 30.1 Å². The maximum atomic E-state index is 11.3. The molecule has 1 aromatic rings. The summed E-state index contributed by atoms with van der Waals surface area (Å²) in [7, 11) is 0. The van der Waals surface area contributed by atoms with Crippen molar-refractivity contribution in [2.24, 2.45) is 0 Å². The zero-order valence-electron chi connectivity index (χ0n) is 9.30. The van der Waals surface area contributed by atoms with E-state index < -0.39 is 11.9 Å². The largest absolute Gasteiger partial charge is 0.147 e. The SMILES string of the molecule is CCCC(=O)Oc1ccc([AsH2])cc1C(=O)O.Cl. The van der Waals surface area contributed by atoms with Gasteiger partial charge in [0.25, 0.3) is 0 Å². The van der Waals surface area contributed by atoms with Gasteiger partial charge in [-0.3, -0.25) is 0 Å². The molecule has 0 aliphatic rings. The Balaban J connectivity index is 0.00000256. The topological polar surface area (TPSA) is 63.6 Å². The van der Waals surface area contributed by atoms with Gasteiger partial charge in [-0.15, -0.1) is 12.4 Å². The number of rotatable bonds is 4. The maximum Gasteiger partial charge on any atom is -0.147 e. The standard InChI is InChI=1S/C11H13AsO4.ClH/c1-2-3-10(13)16-9-5-4-7(12)6-8(9)11(14)15;/h4-6H,2-3,12H2,1H3,(H,14,15);1H. The second-order valence-corrected chi connectivity index (χ2v) is 4.68.